The van der Waals surface area contributed by atoms with Crippen molar-refractivity contribution in [1.29, 1.82) is 0 Å². The molecule has 3 aromatic rings. The Kier molecular flexibility index (Phi) is 7.73. The molecule has 0 radical (unpaired) electrons. The lowest BCUT2D eigenvalue weighted by Crippen LogP contribution is -2.49. The smallest absolute Gasteiger partial charge is 0.259 e. The second-order valence-electron chi connectivity index (χ2n) is 8.71. The van der Waals surface area contributed by atoms with E-state index in [2.05, 4.69) is 9.80 Å². The number of ether oxygens (including phenoxy) is 2. The zero-order valence-electron chi connectivity index (χ0n) is 20.4. The van der Waals surface area contributed by atoms with Gasteiger partial charge in [0, 0.05) is 51.2 Å². The summed E-state index contributed by atoms with van der Waals surface area (Å²) in [5, 5.41) is 11.0. The average molecular weight is 482 g/mol. The van der Waals surface area contributed by atoms with E-state index in [0.717, 1.165) is 17.0 Å². The minimum Gasteiger partial charge on any atom is -0.507 e. The molecule has 186 valence electrons. The first-order valence-electron chi connectivity index (χ1n) is 11.7. The Morgan fingerprint density at radius 3 is 2.26 bits per heavy atom. The van der Waals surface area contributed by atoms with Gasteiger partial charge in [0.15, 0.2) is 0 Å². The highest BCUT2D eigenvalue weighted by Gasteiger charge is 2.31. The van der Waals surface area contributed by atoms with Crippen molar-refractivity contribution in [2.45, 2.75) is 19.5 Å². The van der Waals surface area contributed by atoms with Crippen molar-refractivity contribution in [2.24, 2.45) is 0 Å². The molecule has 0 saturated carbocycles. The molecule has 1 aromatic heterocycles. The van der Waals surface area contributed by atoms with Crippen molar-refractivity contribution >= 4 is 5.69 Å². The summed E-state index contributed by atoms with van der Waals surface area (Å²) in [5.74, 6) is 0.453. The first kappa shape index (κ1) is 24.8. The molecule has 0 spiro atoms. The van der Waals surface area contributed by atoms with Crippen molar-refractivity contribution < 1.29 is 19.0 Å². The number of pyridine rings is 1. The number of anilines is 1. The van der Waals surface area contributed by atoms with Gasteiger partial charge in [-0.1, -0.05) is 12.1 Å². The fourth-order valence-electron chi connectivity index (χ4n) is 4.72. The van der Waals surface area contributed by atoms with E-state index in [4.69, 9.17) is 9.47 Å². The van der Waals surface area contributed by atoms with Gasteiger partial charge >= 0.3 is 0 Å². The number of hydrogen-bond acceptors (Lipinski definition) is 6. The van der Waals surface area contributed by atoms with Gasteiger partial charge in [0.2, 0.25) is 0 Å². The maximum atomic E-state index is 13.7. The number of methoxy groups -OCH3 is 2. The maximum Gasteiger partial charge on any atom is 0.259 e. The lowest BCUT2D eigenvalue weighted by molar-refractivity contribution is 0.183. The van der Waals surface area contributed by atoms with Crippen LogP contribution in [0.5, 0.6) is 11.5 Å². The Labute approximate surface area is 204 Å². The molecule has 0 amide bonds. The molecule has 2 aromatic carbocycles. The second-order valence-corrected chi connectivity index (χ2v) is 8.71. The predicted octanol–water partition coefficient (Wildman–Crippen LogP) is 3.57. The summed E-state index contributed by atoms with van der Waals surface area (Å²) in [4.78, 5) is 18.1. The van der Waals surface area contributed by atoms with Crippen molar-refractivity contribution in [1.82, 2.24) is 9.47 Å². The summed E-state index contributed by atoms with van der Waals surface area (Å²) < 4.78 is 25.5. The summed E-state index contributed by atoms with van der Waals surface area (Å²) >= 11 is 0. The molecular weight excluding hydrogens is 449 g/mol. The van der Waals surface area contributed by atoms with Gasteiger partial charge in [0.25, 0.3) is 5.56 Å². The molecule has 1 aliphatic heterocycles. The van der Waals surface area contributed by atoms with Crippen LogP contribution in [0, 0.1) is 12.7 Å². The monoisotopic (exact) mass is 481 g/mol. The fourth-order valence-corrected chi connectivity index (χ4v) is 4.72. The van der Waals surface area contributed by atoms with Gasteiger partial charge < -0.3 is 24.0 Å². The van der Waals surface area contributed by atoms with E-state index in [1.54, 1.807) is 37.0 Å². The first-order chi connectivity index (χ1) is 16.9. The quantitative estimate of drug-likeness (QED) is 0.531. The molecule has 1 N–H and O–H groups in total. The number of aryl methyl sites for hydroxylation is 1. The number of hydrogen-bond donors (Lipinski definition) is 1. The van der Waals surface area contributed by atoms with Crippen LogP contribution in [0.4, 0.5) is 10.1 Å². The standard InChI is InChI=1S/C27H32FN3O4/c1-19-18-24(32)25(27(33)31(19)16-17-34-2)26(20-4-10-23(35-3)11-5-20)30-14-12-29(13-15-30)22-8-6-21(28)7-9-22/h4-11,18,26,32H,12-17H2,1-3H3/t26-/m0/s1. The highest BCUT2D eigenvalue weighted by atomic mass is 19.1. The van der Waals surface area contributed by atoms with E-state index < -0.39 is 6.04 Å². The third-order valence-corrected chi connectivity index (χ3v) is 6.62. The molecule has 2 heterocycles. The zero-order valence-corrected chi connectivity index (χ0v) is 20.4. The minimum absolute atomic E-state index is 0.0112. The average Bonchev–Trinajstić information content (AvgIpc) is 2.87. The molecule has 4 rings (SSSR count). The lowest BCUT2D eigenvalue weighted by atomic mass is 9.95. The summed E-state index contributed by atoms with van der Waals surface area (Å²) in [6.45, 7) is 5.37. The number of nitrogens with zero attached hydrogens (tertiary/aromatic N) is 3. The van der Waals surface area contributed by atoms with Crippen LogP contribution in [0.15, 0.2) is 59.4 Å². The van der Waals surface area contributed by atoms with Crippen LogP contribution in [-0.2, 0) is 11.3 Å². The summed E-state index contributed by atoms with van der Waals surface area (Å²) in [6.07, 6.45) is 0. The third-order valence-electron chi connectivity index (χ3n) is 6.62. The molecule has 8 heteroatoms. The van der Waals surface area contributed by atoms with Gasteiger partial charge in [-0.05, 0) is 55.0 Å². The second kappa shape index (κ2) is 10.9. The topological polar surface area (TPSA) is 67.2 Å². The Morgan fingerprint density at radius 2 is 1.66 bits per heavy atom. The molecule has 0 bridgehead atoms. The van der Waals surface area contributed by atoms with Crippen LogP contribution in [0.2, 0.25) is 0 Å². The minimum atomic E-state index is -0.432. The van der Waals surface area contributed by atoms with E-state index in [-0.39, 0.29) is 17.1 Å². The van der Waals surface area contributed by atoms with Crippen molar-refractivity contribution in [3.05, 3.63) is 87.6 Å². The van der Waals surface area contributed by atoms with Crippen LogP contribution in [0.1, 0.15) is 22.9 Å². The van der Waals surface area contributed by atoms with E-state index in [0.29, 0.717) is 50.6 Å². The number of halogens is 1. The molecular formula is C27H32FN3O4. The van der Waals surface area contributed by atoms with Crippen molar-refractivity contribution in [3.63, 3.8) is 0 Å². The van der Waals surface area contributed by atoms with Gasteiger partial charge in [-0.25, -0.2) is 4.39 Å². The van der Waals surface area contributed by atoms with Crippen LogP contribution in [0.3, 0.4) is 0 Å². The molecule has 7 nitrogen and oxygen atoms in total. The van der Waals surface area contributed by atoms with Gasteiger partial charge in [-0.15, -0.1) is 0 Å². The number of aromatic hydroxyl groups is 1. The maximum absolute atomic E-state index is 13.7. The Morgan fingerprint density at radius 1 is 1.00 bits per heavy atom. The van der Waals surface area contributed by atoms with Gasteiger partial charge in [-0.3, -0.25) is 9.69 Å². The van der Waals surface area contributed by atoms with Crippen LogP contribution >= 0.6 is 0 Å². The van der Waals surface area contributed by atoms with Gasteiger partial charge in [0.1, 0.15) is 17.3 Å². The van der Waals surface area contributed by atoms with Crippen LogP contribution in [0.25, 0.3) is 0 Å². The normalized spacial score (nSPS) is 15.3. The number of aromatic nitrogens is 1. The third kappa shape index (κ3) is 5.33. The van der Waals surface area contributed by atoms with Crippen molar-refractivity contribution in [2.75, 3.05) is 51.9 Å². The van der Waals surface area contributed by atoms with E-state index in [1.807, 2.05) is 31.2 Å². The summed E-state index contributed by atoms with van der Waals surface area (Å²) in [5.41, 5.74) is 2.68. The van der Waals surface area contributed by atoms with Gasteiger partial charge in [0.05, 0.1) is 25.3 Å². The molecule has 1 fully saturated rings. The molecule has 1 aliphatic rings. The van der Waals surface area contributed by atoms with E-state index >= 15 is 0 Å². The largest absolute Gasteiger partial charge is 0.507 e. The lowest BCUT2D eigenvalue weighted by Gasteiger charge is -2.40. The molecule has 1 saturated heterocycles. The number of benzene rings is 2. The Balaban J connectivity index is 1.70. The zero-order chi connectivity index (χ0) is 24.9. The highest BCUT2D eigenvalue weighted by molar-refractivity contribution is 5.47. The molecule has 0 aliphatic carbocycles. The number of piperazine rings is 1. The van der Waals surface area contributed by atoms with E-state index in [9.17, 15) is 14.3 Å². The summed E-state index contributed by atoms with van der Waals surface area (Å²) in [6, 6.07) is 15.3. The molecule has 0 unspecified atom stereocenters. The summed E-state index contributed by atoms with van der Waals surface area (Å²) in [7, 11) is 3.21. The SMILES string of the molecule is COCCn1c(C)cc(O)c([C@H](c2ccc(OC)cc2)N2CCN(c3ccc(F)cc3)CC2)c1=O. The fraction of sp³-hybridized carbons (Fsp3) is 0.370. The predicted molar refractivity (Wildman–Crippen MR) is 134 cm³/mol. The highest BCUT2D eigenvalue weighted by Crippen LogP contribution is 2.34. The Hall–Kier alpha value is -3.36. The van der Waals surface area contributed by atoms with Crippen LogP contribution < -0.4 is 15.2 Å². The molecule has 35 heavy (non-hydrogen) atoms. The first-order valence-corrected chi connectivity index (χ1v) is 11.7. The van der Waals surface area contributed by atoms with E-state index in [1.165, 1.54) is 12.1 Å². The number of rotatable bonds is 8. The van der Waals surface area contributed by atoms with Crippen molar-refractivity contribution in [3.8, 4) is 11.5 Å². The Bertz CT molecular complexity index is 1190. The molecule has 1 atom stereocenters. The van der Waals surface area contributed by atoms with Crippen LogP contribution in [-0.4, -0.2) is 61.6 Å². The van der Waals surface area contributed by atoms with Gasteiger partial charge in [-0.2, -0.15) is 0 Å².